The number of hydrogen-bond donors (Lipinski definition) is 0. The third kappa shape index (κ3) is 3.48. The normalized spacial score (nSPS) is 15.3. The molecule has 0 N–H and O–H groups in total. The van der Waals surface area contributed by atoms with Gasteiger partial charge in [-0.2, -0.15) is 0 Å². The molecule has 1 atom stereocenters. The summed E-state index contributed by atoms with van der Waals surface area (Å²) in [6, 6.07) is 6.32. The van der Waals surface area contributed by atoms with Crippen molar-refractivity contribution in [3.8, 4) is 0 Å². The Morgan fingerprint density at radius 3 is 2.78 bits per heavy atom. The second kappa shape index (κ2) is 7.03. The van der Waals surface area contributed by atoms with Crippen LogP contribution >= 0.6 is 11.8 Å². The van der Waals surface area contributed by atoms with Crippen molar-refractivity contribution >= 4 is 17.5 Å². The summed E-state index contributed by atoms with van der Waals surface area (Å²) >= 11 is 1.50. The molecule has 1 aliphatic carbocycles. The Bertz CT molecular complexity index is 967. The molecule has 4 rings (SSSR count). The quantitative estimate of drug-likeness (QED) is 0.448. The average molecular weight is 385 g/mol. The molecule has 0 saturated heterocycles. The van der Waals surface area contributed by atoms with Crippen molar-refractivity contribution in [3.05, 3.63) is 53.0 Å². The van der Waals surface area contributed by atoms with Crippen LogP contribution in [0.5, 0.6) is 0 Å². The number of ketones is 1. The molecule has 1 aliphatic rings. The fourth-order valence-electron chi connectivity index (χ4n) is 3.47. The predicted molar refractivity (Wildman–Crippen MR) is 104 cm³/mol. The fraction of sp³-hybridized carbons (Fsp3) is 0.450. The van der Waals surface area contributed by atoms with E-state index >= 15 is 0 Å². The van der Waals surface area contributed by atoms with Gasteiger partial charge in [0.2, 0.25) is 0 Å². The van der Waals surface area contributed by atoms with E-state index in [4.69, 9.17) is 4.42 Å². The first-order valence-corrected chi connectivity index (χ1v) is 10.1. The zero-order chi connectivity index (χ0) is 19.1. The van der Waals surface area contributed by atoms with Gasteiger partial charge in [-0.1, -0.05) is 11.8 Å². The summed E-state index contributed by atoms with van der Waals surface area (Å²) in [4.78, 5) is 13.1. The lowest BCUT2D eigenvalue weighted by Gasteiger charge is -2.12. The van der Waals surface area contributed by atoms with Gasteiger partial charge >= 0.3 is 0 Å². The lowest BCUT2D eigenvalue weighted by Crippen LogP contribution is -2.16. The van der Waals surface area contributed by atoms with Crippen LogP contribution in [0.2, 0.25) is 0 Å². The summed E-state index contributed by atoms with van der Waals surface area (Å²) in [5.41, 5.74) is 2.80. The molecule has 142 valence electrons. The maximum atomic E-state index is 13.1. The van der Waals surface area contributed by atoms with Crippen LogP contribution in [0.15, 0.2) is 34.0 Å². The summed E-state index contributed by atoms with van der Waals surface area (Å²) < 4.78 is 9.76. The highest BCUT2D eigenvalue weighted by atomic mass is 32.2. The molecule has 0 aromatic carbocycles. The van der Waals surface area contributed by atoms with Gasteiger partial charge < -0.3 is 13.6 Å². The van der Waals surface area contributed by atoms with E-state index < -0.39 is 0 Å². The Kier molecular flexibility index (Phi) is 4.72. The van der Waals surface area contributed by atoms with E-state index in [0.717, 1.165) is 33.7 Å². The molecule has 0 amide bonds. The minimum absolute atomic E-state index is 0.127. The van der Waals surface area contributed by atoms with E-state index in [0.29, 0.717) is 12.6 Å². The Balaban J connectivity index is 1.54. The van der Waals surface area contributed by atoms with Crippen molar-refractivity contribution in [1.29, 1.82) is 0 Å². The van der Waals surface area contributed by atoms with E-state index in [-0.39, 0.29) is 11.0 Å². The van der Waals surface area contributed by atoms with Crippen LogP contribution in [0.4, 0.5) is 0 Å². The monoisotopic (exact) mass is 384 g/mol. The number of hydrogen-bond acceptors (Lipinski definition) is 5. The van der Waals surface area contributed by atoms with Crippen LogP contribution in [0.25, 0.3) is 0 Å². The molecule has 1 saturated carbocycles. The summed E-state index contributed by atoms with van der Waals surface area (Å²) in [6.45, 7) is 8.58. The standard InChI is InChI=1S/C20H24N4O2S/c1-12-10-18(13(2)23(12)11-17-6-5-9-26-17)19(25)14(3)27-20-22-21-15(4)24(20)16-7-8-16/h5-6,9-10,14,16H,7-8,11H2,1-4H3. The number of furan rings is 1. The molecule has 6 nitrogen and oxygen atoms in total. The van der Waals surface area contributed by atoms with Crippen LogP contribution in [0, 0.1) is 20.8 Å². The number of Topliss-reactive ketones (excluding diaryl/α,β-unsaturated/α-hetero) is 1. The van der Waals surface area contributed by atoms with Gasteiger partial charge in [-0.25, -0.2) is 0 Å². The van der Waals surface area contributed by atoms with Crippen LogP contribution in [-0.2, 0) is 6.54 Å². The molecule has 0 bridgehead atoms. The van der Waals surface area contributed by atoms with E-state index in [2.05, 4.69) is 19.3 Å². The van der Waals surface area contributed by atoms with Gasteiger partial charge in [0.25, 0.3) is 0 Å². The van der Waals surface area contributed by atoms with Crippen LogP contribution in [-0.4, -0.2) is 30.4 Å². The van der Waals surface area contributed by atoms with Crippen LogP contribution < -0.4 is 0 Å². The highest BCUT2D eigenvalue weighted by Gasteiger charge is 2.30. The molecule has 3 aromatic heterocycles. The van der Waals surface area contributed by atoms with Crippen molar-refractivity contribution in [2.75, 3.05) is 0 Å². The van der Waals surface area contributed by atoms with E-state index in [1.165, 1.54) is 24.6 Å². The molecular formula is C20H24N4O2S. The second-order valence-corrected chi connectivity index (χ2v) is 8.51. The van der Waals surface area contributed by atoms with Gasteiger partial charge in [0.05, 0.1) is 18.1 Å². The number of aromatic nitrogens is 4. The highest BCUT2D eigenvalue weighted by Crippen LogP contribution is 2.39. The molecule has 27 heavy (non-hydrogen) atoms. The largest absolute Gasteiger partial charge is 0.467 e. The maximum absolute atomic E-state index is 13.1. The molecule has 0 aliphatic heterocycles. The first-order chi connectivity index (χ1) is 13.0. The zero-order valence-corrected chi connectivity index (χ0v) is 16.9. The van der Waals surface area contributed by atoms with Gasteiger partial charge in [0, 0.05) is 23.0 Å². The van der Waals surface area contributed by atoms with E-state index in [1.54, 1.807) is 6.26 Å². The third-order valence-corrected chi connectivity index (χ3v) is 6.19. The lowest BCUT2D eigenvalue weighted by atomic mass is 10.1. The number of aryl methyl sites for hydroxylation is 2. The Hall–Kier alpha value is -2.28. The molecule has 0 spiro atoms. The first-order valence-electron chi connectivity index (χ1n) is 9.27. The predicted octanol–water partition coefficient (Wildman–Crippen LogP) is 4.34. The molecule has 7 heteroatoms. The summed E-state index contributed by atoms with van der Waals surface area (Å²) in [5, 5.41) is 9.13. The smallest absolute Gasteiger partial charge is 0.192 e. The minimum Gasteiger partial charge on any atom is -0.467 e. The van der Waals surface area contributed by atoms with Gasteiger partial charge in [0.1, 0.15) is 11.6 Å². The molecule has 0 radical (unpaired) electrons. The van der Waals surface area contributed by atoms with Gasteiger partial charge in [-0.3, -0.25) is 4.79 Å². The summed E-state index contributed by atoms with van der Waals surface area (Å²) in [5.74, 6) is 1.93. The second-order valence-electron chi connectivity index (χ2n) is 7.21. The van der Waals surface area contributed by atoms with Crippen molar-refractivity contribution in [3.63, 3.8) is 0 Å². The number of carbonyl (C=O) groups is 1. The molecule has 3 heterocycles. The molecule has 3 aromatic rings. The first kappa shape index (κ1) is 18.1. The number of rotatable bonds is 7. The van der Waals surface area contributed by atoms with Crippen molar-refractivity contribution in [2.24, 2.45) is 0 Å². The van der Waals surface area contributed by atoms with Crippen molar-refractivity contribution in [2.45, 2.75) is 63.5 Å². The average Bonchev–Trinajstić information content (AvgIpc) is 3.09. The number of nitrogens with zero attached hydrogens (tertiary/aromatic N) is 4. The molecule has 1 fully saturated rings. The topological polar surface area (TPSA) is 65.8 Å². The van der Waals surface area contributed by atoms with Gasteiger partial charge in [-0.05, 0) is 58.7 Å². The Morgan fingerprint density at radius 2 is 2.11 bits per heavy atom. The van der Waals surface area contributed by atoms with Crippen LogP contribution in [0.1, 0.15) is 59.1 Å². The summed E-state index contributed by atoms with van der Waals surface area (Å²) in [7, 11) is 0. The number of thioether (sulfide) groups is 1. The van der Waals surface area contributed by atoms with E-state index in [9.17, 15) is 4.79 Å². The van der Waals surface area contributed by atoms with Crippen molar-refractivity contribution in [1.82, 2.24) is 19.3 Å². The van der Waals surface area contributed by atoms with Gasteiger partial charge in [0.15, 0.2) is 10.9 Å². The van der Waals surface area contributed by atoms with E-state index in [1.807, 2.05) is 45.9 Å². The zero-order valence-electron chi connectivity index (χ0n) is 16.1. The van der Waals surface area contributed by atoms with Crippen LogP contribution in [0.3, 0.4) is 0 Å². The van der Waals surface area contributed by atoms with Gasteiger partial charge in [-0.15, -0.1) is 10.2 Å². The lowest BCUT2D eigenvalue weighted by molar-refractivity contribution is 0.0993. The molecule has 1 unspecified atom stereocenters. The fourth-order valence-corrected chi connectivity index (χ4v) is 4.50. The van der Waals surface area contributed by atoms with Crippen molar-refractivity contribution < 1.29 is 9.21 Å². The SMILES string of the molecule is Cc1cc(C(=O)C(C)Sc2nnc(C)n2C2CC2)c(C)n1Cc1ccco1. The Morgan fingerprint density at radius 1 is 1.33 bits per heavy atom. The molecular weight excluding hydrogens is 360 g/mol. The number of carbonyl (C=O) groups excluding carboxylic acids is 1. The maximum Gasteiger partial charge on any atom is 0.192 e. The summed E-state index contributed by atoms with van der Waals surface area (Å²) in [6.07, 6.45) is 4.01. The highest BCUT2D eigenvalue weighted by molar-refractivity contribution is 8.00. The third-order valence-electron chi connectivity index (χ3n) is 5.13. The Labute approximate surface area is 163 Å². The minimum atomic E-state index is -0.219.